The fraction of sp³-hybridized carbons (Fsp3) is 0.500. The summed E-state index contributed by atoms with van der Waals surface area (Å²) < 4.78 is 16.4. The molecule has 0 aliphatic carbocycles. The van der Waals surface area contributed by atoms with Gasteiger partial charge in [-0.1, -0.05) is 17.7 Å². The van der Waals surface area contributed by atoms with Crippen molar-refractivity contribution in [2.24, 2.45) is 4.36 Å². The maximum Gasteiger partial charge on any atom is 0.129 e. The molecular weight excluding hydrogens is 232 g/mol. The highest BCUT2D eigenvalue weighted by Crippen LogP contribution is 2.35. The maximum absolute atomic E-state index is 12.3. The van der Waals surface area contributed by atoms with Crippen LogP contribution in [-0.2, 0) is 9.73 Å². The number of rotatable bonds is 1. The van der Waals surface area contributed by atoms with Crippen LogP contribution in [0, 0.1) is 0 Å². The number of hydrogen-bond acceptors (Lipinski definition) is 3. The van der Waals surface area contributed by atoms with E-state index in [-0.39, 0.29) is 5.25 Å². The molecule has 0 spiro atoms. The van der Waals surface area contributed by atoms with E-state index in [0.717, 1.165) is 18.4 Å². The first-order valence-electron chi connectivity index (χ1n) is 4.89. The summed E-state index contributed by atoms with van der Waals surface area (Å²) >= 11 is 5.72. The minimum atomic E-state index is -2.06. The number of pyridine rings is 1. The first-order chi connectivity index (χ1) is 7.15. The average molecular weight is 245 g/mol. The largest absolute Gasteiger partial charge is 0.249 e. The van der Waals surface area contributed by atoms with E-state index in [2.05, 4.69) is 9.35 Å². The number of nitrogens with zero attached hydrogens (tertiary/aromatic N) is 2. The predicted molar refractivity (Wildman–Crippen MR) is 62.6 cm³/mol. The molecule has 2 atom stereocenters. The van der Waals surface area contributed by atoms with Crippen molar-refractivity contribution in [3.63, 3.8) is 0 Å². The summed E-state index contributed by atoms with van der Waals surface area (Å²) in [4.78, 5) is 4.02. The van der Waals surface area contributed by atoms with Crippen molar-refractivity contribution in [1.82, 2.24) is 4.98 Å². The number of hydrogen-bond donors (Lipinski definition) is 0. The van der Waals surface area contributed by atoms with Crippen LogP contribution >= 0.6 is 11.6 Å². The maximum atomic E-state index is 12.3. The zero-order chi connectivity index (χ0) is 10.9. The minimum absolute atomic E-state index is 0.0345. The Bertz CT molecular complexity index is 463. The standard InChI is InChI=1S/C10H13ClN2OS/c1-12-15(14)6-2-3-9(15)8-4-5-10(11)13-7-8/h4-5,7,9H,2-3,6H2,1H3. The molecule has 2 rings (SSSR count). The smallest absolute Gasteiger partial charge is 0.129 e. The van der Waals surface area contributed by atoms with Crippen molar-refractivity contribution < 1.29 is 4.21 Å². The van der Waals surface area contributed by atoms with Crippen LogP contribution in [0.3, 0.4) is 0 Å². The molecular formula is C10H13ClN2OS. The van der Waals surface area contributed by atoms with Gasteiger partial charge in [-0.25, -0.2) is 13.6 Å². The van der Waals surface area contributed by atoms with Gasteiger partial charge in [0.15, 0.2) is 0 Å². The summed E-state index contributed by atoms with van der Waals surface area (Å²) in [6.07, 6.45) is 3.62. The first-order valence-corrected chi connectivity index (χ1v) is 7.01. The van der Waals surface area contributed by atoms with Gasteiger partial charge in [-0.3, -0.25) is 0 Å². The first kappa shape index (κ1) is 10.9. The van der Waals surface area contributed by atoms with E-state index in [0.29, 0.717) is 10.9 Å². The average Bonchev–Trinajstić information content (AvgIpc) is 2.63. The van der Waals surface area contributed by atoms with Crippen LogP contribution in [0.1, 0.15) is 23.7 Å². The quantitative estimate of drug-likeness (QED) is 0.713. The van der Waals surface area contributed by atoms with Gasteiger partial charge in [0.25, 0.3) is 0 Å². The molecule has 0 amide bonds. The van der Waals surface area contributed by atoms with Gasteiger partial charge < -0.3 is 0 Å². The van der Waals surface area contributed by atoms with Gasteiger partial charge in [0.05, 0.1) is 15.0 Å². The van der Waals surface area contributed by atoms with Crippen LogP contribution in [-0.4, -0.2) is 22.0 Å². The van der Waals surface area contributed by atoms with Crippen LogP contribution in [0.15, 0.2) is 22.7 Å². The zero-order valence-electron chi connectivity index (χ0n) is 8.52. The van der Waals surface area contributed by atoms with Gasteiger partial charge in [-0.2, -0.15) is 0 Å². The highest BCUT2D eigenvalue weighted by molar-refractivity contribution is 7.94. The molecule has 0 radical (unpaired) electrons. The summed E-state index contributed by atoms with van der Waals surface area (Å²) in [5, 5.41) is 0.504. The van der Waals surface area contributed by atoms with Gasteiger partial charge >= 0.3 is 0 Å². The fourth-order valence-corrected chi connectivity index (χ4v) is 4.49. The Kier molecular flexibility index (Phi) is 2.98. The minimum Gasteiger partial charge on any atom is -0.249 e. The monoisotopic (exact) mass is 244 g/mol. The van der Waals surface area contributed by atoms with Crippen LogP contribution < -0.4 is 0 Å². The summed E-state index contributed by atoms with van der Waals surface area (Å²) in [7, 11) is -0.414. The summed E-state index contributed by atoms with van der Waals surface area (Å²) in [6, 6.07) is 3.64. The number of aromatic nitrogens is 1. The Balaban J connectivity index is 2.40. The molecule has 82 valence electrons. The lowest BCUT2D eigenvalue weighted by Gasteiger charge is -2.12. The van der Waals surface area contributed by atoms with Crippen molar-refractivity contribution in [1.29, 1.82) is 0 Å². The molecule has 1 aromatic heterocycles. The normalized spacial score (nSPS) is 30.4. The van der Waals surface area contributed by atoms with Gasteiger partial charge in [-0.05, 0) is 24.5 Å². The molecule has 0 bridgehead atoms. The Morgan fingerprint density at radius 3 is 3.00 bits per heavy atom. The van der Waals surface area contributed by atoms with Crippen LogP contribution in [0.25, 0.3) is 0 Å². The summed E-state index contributed by atoms with van der Waals surface area (Å²) in [5.74, 6) is 0.705. The second kappa shape index (κ2) is 4.10. The van der Waals surface area contributed by atoms with E-state index in [9.17, 15) is 4.21 Å². The van der Waals surface area contributed by atoms with Crippen LogP contribution in [0.4, 0.5) is 0 Å². The van der Waals surface area contributed by atoms with E-state index in [4.69, 9.17) is 11.6 Å². The molecule has 5 heteroatoms. The van der Waals surface area contributed by atoms with Gasteiger partial charge in [0.2, 0.25) is 0 Å². The van der Waals surface area contributed by atoms with Crippen molar-refractivity contribution in [2.75, 3.05) is 12.8 Å². The lowest BCUT2D eigenvalue weighted by Crippen LogP contribution is -2.08. The second-order valence-electron chi connectivity index (χ2n) is 3.62. The Morgan fingerprint density at radius 1 is 1.60 bits per heavy atom. The van der Waals surface area contributed by atoms with Gasteiger partial charge in [0, 0.05) is 19.0 Å². The van der Waals surface area contributed by atoms with E-state index in [1.54, 1.807) is 19.3 Å². The van der Waals surface area contributed by atoms with Crippen molar-refractivity contribution >= 4 is 21.3 Å². The topological polar surface area (TPSA) is 42.3 Å². The highest BCUT2D eigenvalue weighted by atomic mass is 35.5. The van der Waals surface area contributed by atoms with Crippen molar-refractivity contribution in [2.45, 2.75) is 18.1 Å². The van der Waals surface area contributed by atoms with E-state index >= 15 is 0 Å². The van der Waals surface area contributed by atoms with E-state index in [1.165, 1.54) is 0 Å². The van der Waals surface area contributed by atoms with Gasteiger partial charge in [0.1, 0.15) is 5.15 Å². The Morgan fingerprint density at radius 2 is 2.40 bits per heavy atom. The lowest BCUT2D eigenvalue weighted by molar-refractivity contribution is 0.671. The molecule has 0 N–H and O–H groups in total. The third-order valence-corrected chi connectivity index (χ3v) is 5.89. The van der Waals surface area contributed by atoms with E-state index < -0.39 is 9.73 Å². The molecule has 2 heterocycles. The van der Waals surface area contributed by atoms with Crippen LogP contribution in [0.5, 0.6) is 0 Å². The number of halogens is 1. The third kappa shape index (κ3) is 2.01. The highest BCUT2D eigenvalue weighted by Gasteiger charge is 2.30. The van der Waals surface area contributed by atoms with Crippen LogP contribution in [0.2, 0.25) is 5.15 Å². The molecule has 0 saturated carbocycles. The Hall–Kier alpha value is -0.610. The second-order valence-corrected chi connectivity index (χ2v) is 6.73. The van der Waals surface area contributed by atoms with Gasteiger partial charge in [-0.15, -0.1) is 0 Å². The molecule has 1 aliphatic heterocycles. The zero-order valence-corrected chi connectivity index (χ0v) is 10.1. The molecule has 1 fully saturated rings. The molecule has 1 aliphatic rings. The SMILES string of the molecule is CN=S1(=O)CCCC1c1ccc(Cl)nc1. The summed E-state index contributed by atoms with van der Waals surface area (Å²) in [5.41, 5.74) is 0.993. The molecule has 3 nitrogen and oxygen atoms in total. The molecule has 2 unspecified atom stereocenters. The third-order valence-electron chi connectivity index (χ3n) is 2.78. The summed E-state index contributed by atoms with van der Waals surface area (Å²) in [6.45, 7) is 0. The molecule has 1 saturated heterocycles. The predicted octanol–water partition coefficient (Wildman–Crippen LogP) is 2.67. The van der Waals surface area contributed by atoms with Crippen molar-refractivity contribution in [3.8, 4) is 0 Å². The molecule has 15 heavy (non-hydrogen) atoms. The molecule has 1 aromatic rings. The lowest BCUT2D eigenvalue weighted by atomic mass is 10.1. The molecule has 0 aromatic carbocycles. The van der Waals surface area contributed by atoms with Crippen molar-refractivity contribution in [3.05, 3.63) is 29.0 Å². The fourth-order valence-electron chi connectivity index (χ4n) is 1.98. The van der Waals surface area contributed by atoms with E-state index in [1.807, 2.05) is 6.07 Å². The Labute approximate surface area is 95.1 Å².